The number of halogens is 1. The van der Waals surface area contributed by atoms with E-state index in [0.717, 1.165) is 27.4 Å². The number of Topliss-reactive ketones (excluding diaryl/α,β-unsaturated/α-hetero) is 2. The summed E-state index contributed by atoms with van der Waals surface area (Å²) in [5.74, 6) is -0.184. The van der Waals surface area contributed by atoms with Gasteiger partial charge in [-0.1, -0.05) is 24.3 Å². The molecule has 2 aromatic carbocycles. The molecule has 154 valence electrons. The van der Waals surface area contributed by atoms with Crippen molar-refractivity contribution in [2.24, 2.45) is 5.92 Å². The third-order valence-electron chi connectivity index (χ3n) is 5.84. The van der Waals surface area contributed by atoms with E-state index in [-0.39, 0.29) is 24.0 Å². The predicted octanol–water partition coefficient (Wildman–Crippen LogP) is 4.02. The zero-order valence-corrected chi connectivity index (χ0v) is 17.8. The first kappa shape index (κ1) is 20.3. The van der Waals surface area contributed by atoms with E-state index in [4.69, 9.17) is 4.74 Å². The number of fused-ring (bicyclic) bond motifs is 5. The number of rotatable bonds is 4. The molecule has 30 heavy (non-hydrogen) atoms. The van der Waals surface area contributed by atoms with Crippen LogP contribution in [0.15, 0.2) is 42.9 Å². The lowest BCUT2D eigenvalue weighted by Crippen LogP contribution is -2.32. The van der Waals surface area contributed by atoms with Crippen LogP contribution in [0.1, 0.15) is 27.1 Å². The summed E-state index contributed by atoms with van der Waals surface area (Å²) in [6.07, 6.45) is 3.75. The van der Waals surface area contributed by atoms with Crippen molar-refractivity contribution in [1.29, 1.82) is 0 Å². The molecule has 0 saturated heterocycles. The van der Waals surface area contributed by atoms with Gasteiger partial charge in [0.1, 0.15) is 5.75 Å². The van der Waals surface area contributed by atoms with Crippen molar-refractivity contribution >= 4 is 51.2 Å². The summed E-state index contributed by atoms with van der Waals surface area (Å²) in [6.45, 7) is 0.668. The summed E-state index contributed by atoms with van der Waals surface area (Å²) in [5.41, 5.74) is 2.63. The Bertz CT molecular complexity index is 1330. The second kappa shape index (κ2) is 7.38. The minimum absolute atomic E-state index is 0. The fourth-order valence-corrected chi connectivity index (χ4v) is 4.48. The Labute approximate surface area is 179 Å². The molecular weight excluding hydrogens is 402 g/mol. The van der Waals surface area contributed by atoms with Crippen LogP contribution >= 0.6 is 12.4 Å². The number of hydrogen-bond acceptors (Lipinski definition) is 5. The summed E-state index contributed by atoms with van der Waals surface area (Å²) in [6, 6.07) is 9.83. The molecule has 0 N–H and O–H groups in total. The lowest BCUT2D eigenvalue weighted by Gasteiger charge is -2.22. The molecule has 0 fully saturated rings. The topological polar surface area (TPSA) is 63.9 Å². The van der Waals surface area contributed by atoms with Crippen LogP contribution in [0.3, 0.4) is 0 Å². The fraction of sp³-hybridized carbons (Fsp3) is 0.261. The highest BCUT2D eigenvalue weighted by Gasteiger charge is 2.39. The van der Waals surface area contributed by atoms with Gasteiger partial charge in [-0.25, -0.2) is 4.98 Å². The molecule has 0 bridgehead atoms. The van der Waals surface area contributed by atoms with Gasteiger partial charge in [0.05, 0.1) is 41.5 Å². The molecule has 6 nitrogen and oxygen atoms in total. The molecule has 4 aromatic rings. The van der Waals surface area contributed by atoms with Gasteiger partial charge in [0.25, 0.3) is 0 Å². The summed E-state index contributed by atoms with van der Waals surface area (Å²) in [4.78, 5) is 33.1. The minimum Gasteiger partial charge on any atom is -0.496 e. The Kier molecular flexibility index (Phi) is 5.00. The van der Waals surface area contributed by atoms with Crippen LogP contribution in [-0.4, -0.2) is 53.6 Å². The molecule has 1 unspecified atom stereocenters. The summed E-state index contributed by atoms with van der Waals surface area (Å²) in [5, 5.41) is 2.75. The number of carbonyl (C=O) groups excluding carboxylic acids is 2. The Morgan fingerprint density at radius 3 is 2.57 bits per heavy atom. The van der Waals surface area contributed by atoms with Gasteiger partial charge in [-0.3, -0.25) is 14.0 Å². The van der Waals surface area contributed by atoms with E-state index in [9.17, 15) is 9.59 Å². The average Bonchev–Trinajstić information content (AvgIpc) is 3.06. The molecule has 1 atom stereocenters. The molecule has 0 amide bonds. The molecule has 0 spiro atoms. The van der Waals surface area contributed by atoms with Gasteiger partial charge >= 0.3 is 0 Å². The Balaban J connectivity index is 0.00000218. The summed E-state index contributed by atoms with van der Waals surface area (Å²) in [7, 11) is 5.52. The second-order valence-corrected chi connectivity index (χ2v) is 7.79. The van der Waals surface area contributed by atoms with Gasteiger partial charge in [0, 0.05) is 23.0 Å². The molecule has 2 aromatic heterocycles. The highest BCUT2D eigenvalue weighted by Crippen LogP contribution is 2.42. The van der Waals surface area contributed by atoms with E-state index < -0.39 is 5.92 Å². The second-order valence-electron chi connectivity index (χ2n) is 7.79. The van der Waals surface area contributed by atoms with Crippen LogP contribution in [0.5, 0.6) is 5.75 Å². The first-order valence-electron chi connectivity index (χ1n) is 9.63. The first-order chi connectivity index (χ1) is 14.0. The smallest absolute Gasteiger partial charge is 0.177 e. The predicted molar refractivity (Wildman–Crippen MR) is 119 cm³/mol. The third kappa shape index (κ3) is 2.71. The Morgan fingerprint density at radius 2 is 1.87 bits per heavy atom. The van der Waals surface area contributed by atoms with Crippen molar-refractivity contribution < 1.29 is 14.3 Å². The van der Waals surface area contributed by atoms with E-state index in [1.54, 1.807) is 19.6 Å². The number of hydrogen-bond donors (Lipinski definition) is 0. The van der Waals surface area contributed by atoms with E-state index in [0.29, 0.717) is 29.6 Å². The van der Waals surface area contributed by atoms with Crippen molar-refractivity contribution in [2.75, 3.05) is 27.7 Å². The van der Waals surface area contributed by atoms with Crippen LogP contribution in [0.2, 0.25) is 0 Å². The van der Waals surface area contributed by atoms with Crippen molar-refractivity contribution in [3.05, 3.63) is 54.0 Å². The zero-order chi connectivity index (χ0) is 20.3. The fourth-order valence-electron chi connectivity index (χ4n) is 4.48. The number of ether oxygens (including phenoxy) is 1. The largest absolute Gasteiger partial charge is 0.496 e. The molecule has 1 aliphatic carbocycles. The first-order valence-corrected chi connectivity index (χ1v) is 9.63. The van der Waals surface area contributed by atoms with Gasteiger partial charge in [-0.2, -0.15) is 0 Å². The van der Waals surface area contributed by atoms with Gasteiger partial charge in [-0.05, 0) is 32.4 Å². The van der Waals surface area contributed by atoms with Crippen molar-refractivity contribution in [3.63, 3.8) is 0 Å². The molecule has 2 heterocycles. The van der Waals surface area contributed by atoms with Crippen molar-refractivity contribution in [2.45, 2.75) is 6.42 Å². The molecule has 0 aliphatic heterocycles. The summed E-state index contributed by atoms with van der Waals surface area (Å²) >= 11 is 0. The highest BCUT2D eigenvalue weighted by molar-refractivity contribution is 6.33. The molecule has 7 heteroatoms. The lowest BCUT2D eigenvalue weighted by molar-refractivity contribution is 0.0788. The SMILES string of the molecule is COc1cc2c(c3c4c(cncn42)C(=O)C(CCN(C)C)C3=O)c2ccccc12.Cl. The standard InChI is InChI=1S/C23H21N3O3.ClH/c1-25(2)9-8-15-22(27)16-11-24-12-26-17-10-18(29-3)13-6-4-5-7-14(13)19(17)20(21(16)26)23(15)28;/h4-7,10-12,15H,8-9H2,1-3H3;1H. The number of nitrogens with zero attached hydrogens (tertiary/aromatic N) is 3. The molecule has 5 rings (SSSR count). The van der Waals surface area contributed by atoms with Crippen LogP contribution in [0.4, 0.5) is 0 Å². The third-order valence-corrected chi connectivity index (χ3v) is 5.84. The maximum Gasteiger partial charge on any atom is 0.177 e. The maximum absolute atomic E-state index is 13.6. The van der Waals surface area contributed by atoms with Gasteiger partial charge in [0.15, 0.2) is 11.6 Å². The number of benzene rings is 2. The monoisotopic (exact) mass is 423 g/mol. The van der Waals surface area contributed by atoms with Gasteiger partial charge < -0.3 is 9.64 Å². The average molecular weight is 424 g/mol. The van der Waals surface area contributed by atoms with E-state index in [1.807, 2.05) is 53.7 Å². The van der Waals surface area contributed by atoms with E-state index in [2.05, 4.69) is 4.98 Å². The van der Waals surface area contributed by atoms with E-state index in [1.165, 1.54) is 0 Å². The van der Waals surface area contributed by atoms with Crippen molar-refractivity contribution in [3.8, 4) is 5.75 Å². The normalized spacial score (nSPS) is 15.9. The number of ketones is 2. The summed E-state index contributed by atoms with van der Waals surface area (Å²) < 4.78 is 7.47. The lowest BCUT2D eigenvalue weighted by atomic mass is 9.81. The molecule has 1 aliphatic rings. The molecule has 0 saturated carbocycles. The Morgan fingerprint density at radius 1 is 1.13 bits per heavy atom. The zero-order valence-electron chi connectivity index (χ0n) is 17.0. The molecule has 0 radical (unpaired) electrons. The maximum atomic E-state index is 13.6. The van der Waals surface area contributed by atoms with Gasteiger partial charge in [-0.15, -0.1) is 12.4 Å². The molecular formula is C23H22ClN3O3. The van der Waals surface area contributed by atoms with Crippen LogP contribution in [-0.2, 0) is 0 Å². The van der Waals surface area contributed by atoms with Crippen molar-refractivity contribution in [1.82, 2.24) is 14.3 Å². The quantitative estimate of drug-likeness (QED) is 0.464. The number of methoxy groups -OCH3 is 1. The van der Waals surface area contributed by atoms with Crippen LogP contribution in [0.25, 0.3) is 27.2 Å². The number of carbonyl (C=O) groups is 2. The van der Waals surface area contributed by atoms with Crippen LogP contribution in [0, 0.1) is 5.92 Å². The van der Waals surface area contributed by atoms with Gasteiger partial charge in [0.2, 0.25) is 0 Å². The number of aromatic nitrogens is 2. The van der Waals surface area contributed by atoms with Crippen LogP contribution < -0.4 is 4.74 Å². The van der Waals surface area contributed by atoms with E-state index >= 15 is 0 Å². The minimum atomic E-state index is -0.677. The highest BCUT2D eigenvalue weighted by atomic mass is 35.5. The Hall–Kier alpha value is -2.96.